The molecule has 1 atom stereocenters. The van der Waals surface area contributed by atoms with E-state index < -0.39 is 0 Å². The predicted molar refractivity (Wildman–Crippen MR) is 142 cm³/mol. The molecule has 2 aromatic heterocycles. The summed E-state index contributed by atoms with van der Waals surface area (Å²) in [5, 5.41) is 10.8. The van der Waals surface area contributed by atoms with Crippen LogP contribution < -0.4 is 10.6 Å². The topological polar surface area (TPSA) is 57.3 Å². The number of carbonyl (C=O) groups excluding carboxylic acids is 1. The van der Waals surface area contributed by atoms with Crippen molar-refractivity contribution in [3.05, 3.63) is 93.6 Å². The summed E-state index contributed by atoms with van der Waals surface area (Å²) >= 11 is 3.14. The van der Waals surface area contributed by atoms with Crippen LogP contribution >= 0.6 is 22.9 Å². The lowest BCUT2D eigenvalue weighted by molar-refractivity contribution is -0.115. The minimum absolute atomic E-state index is 0.0268. The molecule has 0 saturated carbocycles. The molecule has 7 heteroatoms. The first-order chi connectivity index (χ1) is 16.7. The molecule has 174 valence electrons. The Morgan fingerprint density at radius 2 is 1.94 bits per heavy atom. The van der Waals surface area contributed by atoms with Crippen molar-refractivity contribution in [2.24, 2.45) is 0 Å². The summed E-state index contributed by atoms with van der Waals surface area (Å²) in [6.45, 7) is 3.97. The van der Waals surface area contributed by atoms with Gasteiger partial charge in [0.15, 0.2) is 0 Å². The number of aromatic nitrogens is 1. The molecule has 2 N–H and O–H groups in total. The van der Waals surface area contributed by atoms with Crippen molar-refractivity contribution in [3.8, 4) is 11.1 Å². The van der Waals surface area contributed by atoms with E-state index in [1.54, 1.807) is 11.3 Å². The SMILES string of the molecule is O=C(Cc1cccs1)Nc1ccc(CCN2CCNC(c3nscc3-c3ccccc3)C2)cc1. The third kappa shape index (κ3) is 5.80. The van der Waals surface area contributed by atoms with Crippen molar-refractivity contribution in [2.75, 3.05) is 31.5 Å². The number of hydrogen-bond donors (Lipinski definition) is 2. The third-order valence-electron chi connectivity index (χ3n) is 6.14. The molecular weight excluding hydrogens is 460 g/mol. The molecule has 1 saturated heterocycles. The normalized spacial score (nSPS) is 16.4. The smallest absolute Gasteiger partial charge is 0.229 e. The van der Waals surface area contributed by atoms with Gasteiger partial charge < -0.3 is 10.6 Å². The Labute approximate surface area is 208 Å². The van der Waals surface area contributed by atoms with Crippen molar-refractivity contribution in [1.82, 2.24) is 14.6 Å². The average molecular weight is 489 g/mol. The number of anilines is 1. The monoisotopic (exact) mass is 488 g/mol. The number of carbonyl (C=O) groups is 1. The maximum atomic E-state index is 12.2. The highest BCUT2D eigenvalue weighted by Gasteiger charge is 2.25. The molecule has 4 aromatic rings. The van der Waals surface area contributed by atoms with E-state index in [0.717, 1.165) is 48.9 Å². The lowest BCUT2D eigenvalue weighted by Crippen LogP contribution is -2.46. The van der Waals surface area contributed by atoms with Gasteiger partial charge in [0.25, 0.3) is 0 Å². The molecule has 1 fully saturated rings. The largest absolute Gasteiger partial charge is 0.326 e. The molecule has 5 nitrogen and oxygen atoms in total. The summed E-state index contributed by atoms with van der Waals surface area (Å²) in [6, 6.07) is 23.0. The summed E-state index contributed by atoms with van der Waals surface area (Å²) in [4.78, 5) is 15.8. The maximum absolute atomic E-state index is 12.2. The summed E-state index contributed by atoms with van der Waals surface area (Å²) in [5.74, 6) is 0.0268. The van der Waals surface area contributed by atoms with E-state index in [4.69, 9.17) is 4.37 Å². The lowest BCUT2D eigenvalue weighted by atomic mass is 10.0. The Balaban J connectivity index is 1.14. The van der Waals surface area contributed by atoms with Crippen LogP contribution in [0.5, 0.6) is 0 Å². The van der Waals surface area contributed by atoms with Crippen molar-refractivity contribution in [2.45, 2.75) is 18.9 Å². The zero-order chi connectivity index (χ0) is 23.2. The zero-order valence-corrected chi connectivity index (χ0v) is 20.6. The van der Waals surface area contributed by atoms with E-state index in [1.807, 2.05) is 29.6 Å². The quantitative estimate of drug-likeness (QED) is 0.356. The van der Waals surface area contributed by atoms with Gasteiger partial charge in [0.05, 0.1) is 18.2 Å². The molecule has 0 spiro atoms. The second kappa shape index (κ2) is 11.1. The molecule has 0 aliphatic carbocycles. The molecule has 2 aromatic carbocycles. The van der Waals surface area contributed by atoms with Gasteiger partial charge in [-0.2, -0.15) is 4.37 Å². The van der Waals surface area contributed by atoms with Crippen molar-refractivity contribution in [1.29, 1.82) is 0 Å². The van der Waals surface area contributed by atoms with E-state index in [1.165, 1.54) is 28.2 Å². The van der Waals surface area contributed by atoms with E-state index in [9.17, 15) is 4.79 Å². The molecule has 3 heterocycles. The Morgan fingerprint density at radius 1 is 1.09 bits per heavy atom. The average Bonchev–Trinajstić information content (AvgIpc) is 3.57. The zero-order valence-electron chi connectivity index (χ0n) is 18.9. The number of piperazine rings is 1. The fourth-order valence-corrected chi connectivity index (χ4v) is 5.80. The number of nitrogens with zero attached hydrogens (tertiary/aromatic N) is 2. The molecule has 0 bridgehead atoms. The number of thiophene rings is 1. The van der Waals surface area contributed by atoms with E-state index in [2.05, 4.69) is 63.4 Å². The number of amides is 1. The van der Waals surface area contributed by atoms with Gasteiger partial charge >= 0.3 is 0 Å². The summed E-state index contributed by atoms with van der Waals surface area (Å²) in [7, 11) is 0. The van der Waals surface area contributed by atoms with Crippen LogP contribution in [0.3, 0.4) is 0 Å². The fraction of sp³-hybridized carbons (Fsp3) is 0.259. The maximum Gasteiger partial charge on any atom is 0.229 e. The first-order valence-corrected chi connectivity index (χ1v) is 13.3. The molecule has 5 rings (SSSR count). The second-order valence-electron chi connectivity index (χ2n) is 8.54. The van der Waals surface area contributed by atoms with Gasteiger partial charge in [-0.25, -0.2) is 0 Å². The summed E-state index contributed by atoms with van der Waals surface area (Å²) in [6.07, 6.45) is 1.41. The standard InChI is InChI=1S/C27H28N4OS2/c32-26(17-23-7-4-16-33-23)29-22-10-8-20(9-11-22)12-14-31-15-13-28-25(18-31)27-24(19-34-30-27)21-5-2-1-3-6-21/h1-11,16,19,25,28H,12-15,17-18H2,(H,29,32). The Kier molecular flexibility index (Phi) is 7.46. The summed E-state index contributed by atoms with van der Waals surface area (Å²) in [5.41, 5.74) is 5.76. The third-order valence-corrected chi connectivity index (χ3v) is 7.66. The van der Waals surface area contributed by atoms with Crippen LogP contribution in [-0.4, -0.2) is 41.4 Å². The Hall–Kier alpha value is -2.84. The fourth-order valence-electron chi connectivity index (χ4n) is 4.35. The highest BCUT2D eigenvalue weighted by Crippen LogP contribution is 2.30. The van der Waals surface area contributed by atoms with Gasteiger partial charge in [-0.3, -0.25) is 9.69 Å². The van der Waals surface area contributed by atoms with Gasteiger partial charge in [0, 0.05) is 47.7 Å². The minimum Gasteiger partial charge on any atom is -0.326 e. The van der Waals surface area contributed by atoms with Gasteiger partial charge in [-0.1, -0.05) is 48.5 Å². The predicted octanol–water partition coefficient (Wildman–Crippen LogP) is 5.24. The van der Waals surface area contributed by atoms with Gasteiger partial charge in [-0.15, -0.1) is 11.3 Å². The van der Waals surface area contributed by atoms with Gasteiger partial charge in [0.2, 0.25) is 5.91 Å². The number of rotatable bonds is 8. The number of benzene rings is 2. The number of hydrogen-bond acceptors (Lipinski definition) is 6. The number of nitrogens with one attached hydrogen (secondary N) is 2. The Bertz CT molecular complexity index is 1190. The van der Waals surface area contributed by atoms with Crippen LogP contribution in [0.2, 0.25) is 0 Å². The van der Waals surface area contributed by atoms with Crippen LogP contribution in [0.4, 0.5) is 5.69 Å². The first kappa shape index (κ1) is 22.9. The molecule has 0 radical (unpaired) electrons. The van der Waals surface area contributed by atoms with E-state index >= 15 is 0 Å². The Morgan fingerprint density at radius 3 is 2.74 bits per heavy atom. The van der Waals surface area contributed by atoms with Crippen molar-refractivity contribution >= 4 is 34.5 Å². The van der Waals surface area contributed by atoms with Crippen LogP contribution in [-0.2, 0) is 17.6 Å². The highest BCUT2D eigenvalue weighted by molar-refractivity contribution is 7.10. The lowest BCUT2D eigenvalue weighted by Gasteiger charge is -2.33. The van der Waals surface area contributed by atoms with Crippen LogP contribution in [0.1, 0.15) is 22.2 Å². The molecule has 1 amide bonds. The molecule has 1 aliphatic heterocycles. The van der Waals surface area contributed by atoms with Crippen LogP contribution in [0, 0.1) is 0 Å². The van der Waals surface area contributed by atoms with Gasteiger partial charge in [-0.05, 0) is 52.7 Å². The highest BCUT2D eigenvalue weighted by atomic mass is 32.1. The van der Waals surface area contributed by atoms with Crippen molar-refractivity contribution < 1.29 is 4.79 Å². The minimum atomic E-state index is 0.0268. The first-order valence-electron chi connectivity index (χ1n) is 11.6. The molecular formula is C27H28N4OS2. The molecule has 34 heavy (non-hydrogen) atoms. The summed E-state index contributed by atoms with van der Waals surface area (Å²) < 4.78 is 4.74. The second-order valence-corrected chi connectivity index (χ2v) is 10.2. The van der Waals surface area contributed by atoms with Crippen LogP contribution in [0.15, 0.2) is 77.5 Å². The van der Waals surface area contributed by atoms with E-state index in [0.29, 0.717) is 6.42 Å². The van der Waals surface area contributed by atoms with Crippen LogP contribution in [0.25, 0.3) is 11.1 Å². The van der Waals surface area contributed by atoms with E-state index in [-0.39, 0.29) is 11.9 Å². The molecule has 1 unspecified atom stereocenters. The van der Waals surface area contributed by atoms with Gasteiger partial charge in [0.1, 0.15) is 0 Å². The van der Waals surface area contributed by atoms with Crippen molar-refractivity contribution in [3.63, 3.8) is 0 Å². The molecule has 1 aliphatic rings.